The average Bonchev–Trinajstić information content (AvgIpc) is 2.46. The number of carboxylic acids is 1. The lowest BCUT2D eigenvalue weighted by molar-refractivity contribution is -0.139. The fourth-order valence-corrected chi connectivity index (χ4v) is 1.18. The van der Waals surface area contributed by atoms with Crippen molar-refractivity contribution in [1.29, 1.82) is 0 Å². The molecule has 7 nitrogen and oxygen atoms in total. The first-order valence-corrected chi connectivity index (χ1v) is 3.77. The number of hydrogen-bond donors (Lipinski definition) is 5. The fourth-order valence-electron chi connectivity index (χ4n) is 1.18. The van der Waals surface area contributed by atoms with E-state index >= 15 is 0 Å². The van der Waals surface area contributed by atoms with E-state index in [-0.39, 0.29) is 12.5 Å². The van der Waals surface area contributed by atoms with Gasteiger partial charge in [-0.15, -0.1) is 0 Å². The first-order valence-electron chi connectivity index (χ1n) is 3.77. The molecule has 0 aliphatic carbocycles. The van der Waals surface area contributed by atoms with Crippen molar-refractivity contribution in [3.05, 3.63) is 0 Å². The molecule has 0 bridgehead atoms. The zero-order valence-electron chi connectivity index (χ0n) is 6.84. The minimum absolute atomic E-state index is 0.0184. The highest BCUT2D eigenvalue weighted by atomic mass is 16.4. The van der Waals surface area contributed by atoms with Gasteiger partial charge in [0.05, 0.1) is 12.1 Å². The van der Waals surface area contributed by atoms with E-state index in [1.165, 1.54) is 0 Å². The summed E-state index contributed by atoms with van der Waals surface area (Å²) in [6.45, 7) is -0.0375. The van der Waals surface area contributed by atoms with Gasteiger partial charge in [-0.1, -0.05) is 0 Å². The Bertz CT molecular complexity index is 242. The number of hydrogen-bond acceptors (Lipinski definition) is 6. The van der Waals surface area contributed by atoms with Gasteiger partial charge in [-0.05, 0) is 0 Å². The summed E-state index contributed by atoms with van der Waals surface area (Å²) in [6.07, 6.45) is -0.967. The van der Waals surface area contributed by atoms with Crippen LogP contribution in [0.2, 0.25) is 0 Å². The second-order valence-corrected chi connectivity index (χ2v) is 2.77. The van der Waals surface area contributed by atoms with Crippen molar-refractivity contribution < 1.29 is 15.0 Å². The summed E-state index contributed by atoms with van der Waals surface area (Å²) in [5.41, 5.74) is 10.5. The van der Waals surface area contributed by atoms with Crippen molar-refractivity contribution in [3.63, 3.8) is 0 Å². The predicted octanol–water partition coefficient (Wildman–Crippen LogP) is -2.95. The SMILES string of the molecule is NCC(O)[C@H]1NC(N)=N[C@@H]1C(=O)O. The molecular weight excluding hydrogens is 176 g/mol. The number of aliphatic imine (C=N–C) groups is 1. The minimum atomic E-state index is -1.13. The molecule has 0 aromatic heterocycles. The summed E-state index contributed by atoms with van der Waals surface area (Å²) in [4.78, 5) is 14.2. The molecule has 3 atom stereocenters. The Morgan fingerprint density at radius 3 is 2.85 bits per heavy atom. The summed E-state index contributed by atoms with van der Waals surface area (Å²) in [7, 11) is 0. The quantitative estimate of drug-likeness (QED) is 0.321. The molecule has 0 saturated carbocycles. The van der Waals surface area contributed by atoms with Gasteiger partial charge < -0.3 is 27.0 Å². The monoisotopic (exact) mass is 188 g/mol. The highest BCUT2D eigenvalue weighted by Gasteiger charge is 2.37. The molecule has 1 unspecified atom stereocenters. The van der Waals surface area contributed by atoms with Crippen LogP contribution in [0.1, 0.15) is 0 Å². The zero-order chi connectivity index (χ0) is 10.0. The Balaban J connectivity index is 2.72. The largest absolute Gasteiger partial charge is 0.480 e. The van der Waals surface area contributed by atoms with Crippen LogP contribution in [0.25, 0.3) is 0 Å². The van der Waals surface area contributed by atoms with Crippen molar-refractivity contribution >= 4 is 11.9 Å². The molecule has 1 aliphatic rings. The molecule has 0 radical (unpaired) electrons. The first kappa shape index (κ1) is 9.75. The van der Waals surface area contributed by atoms with Crippen LogP contribution in [0.3, 0.4) is 0 Å². The van der Waals surface area contributed by atoms with Gasteiger partial charge in [-0.2, -0.15) is 0 Å². The third-order valence-electron chi connectivity index (χ3n) is 1.84. The van der Waals surface area contributed by atoms with Gasteiger partial charge in [0.1, 0.15) is 0 Å². The van der Waals surface area contributed by atoms with Gasteiger partial charge in [-0.3, -0.25) is 0 Å². The molecule has 13 heavy (non-hydrogen) atoms. The van der Waals surface area contributed by atoms with Crippen molar-refractivity contribution in [2.24, 2.45) is 16.5 Å². The maximum absolute atomic E-state index is 10.6. The Morgan fingerprint density at radius 2 is 2.38 bits per heavy atom. The number of nitrogens with two attached hydrogens (primary N) is 2. The van der Waals surface area contributed by atoms with Gasteiger partial charge in [0.2, 0.25) is 0 Å². The molecule has 74 valence electrons. The van der Waals surface area contributed by atoms with Crippen LogP contribution >= 0.6 is 0 Å². The Labute approximate surface area is 74.4 Å². The van der Waals surface area contributed by atoms with Crippen molar-refractivity contribution in [1.82, 2.24) is 5.32 Å². The Morgan fingerprint density at radius 1 is 1.77 bits per heavy atom. The molecule has 1 aliphatic heterocycles. The summed E-state index contributed by atoms with van der Waals surface area (Å²) in [5.74, 6) is -1.12. The molecule has 0 amide bonds. The maximum Gasteiger partial charge on any atom is 0.330 e. The first-order chi connectivity index (χ1) is 6.06. The topological polar surface area (TPSA) is 134 Å². The summed E-state index contributed by atoms with van der Waals surface area (Å²) >= 11 is 0. The van der Waals surface area contributed by atoms with E-state index in [0.717, 1.165) is 0 Å². The van der Waals surface area contributed by atoms with Crippen LogP contribution in [-0.2, 0) is 4.79 Å². The van der Waals surface area contributed by atoms with E-state index in [1.54, 1.807) is 0 Å². The molecular formula is C6H12N4O3. The van der Waals surface area contributed by atoms with E-state index in [9.17, 15) is 9.90 Å². The van der Waals surface area contributed by atoms with E-state index in [1.807, 2.05) is 0 Å². The summed E-state index contributed by atoms with van der Waals surface area (Å²) in [6, 6.07) is -1.79. The number of rotatable bonds is 3. The molecule has 0 aromatic rings. The van der Waals surface area contributed by atoms with E-state index in [0.29, 0.717) is 0 Å². The smallest absolute Gasteiger partial charge is 0.330 e. The second-order valence-electron chi connectivity index (χ2n) is 2.77. The van der Waals surface area contributed by atoms with Gasteiger partial charge in [0.25, 0.3) is 0 Å². The van der Waals surface area contributed by atoms with Crippen molar-refractivity contribution in [2.75, 3.05) is 6.54 Å². The van der Waals surface area contributed by atoms with Crippen molar-refractivity contribution in [2.45, 2.75) is 18.2 Å². The lowest BCUT2D eigenvalue weighted by Gasteiger charge is -2.19. The van der Waals surface area contributed by atoms with Crippen LogP contribution < -0.4 is 16.8 Å². The van der Waals surface area contributed by atoms with Crippen LogP contribution in [-0.4, -0.2) is 46.9 Å². The summed E-state index contributed by atoms with van der Waals surface area (Å²) in [5, 5.41) is 20.6. The number of aliphatic hydroxyl groups excluding tert-OH is 1. The number of nitrogens with zero attached hydrogens (tertiary/aromatic N) is 1. The van der Waals surface area contributed by atoms with E-state index in [4.69, 9.17) is 16.6 Å². The van der Waals surface area contributed by atoms with Crippen LogP contribution in [0.5, 0.6) is 0 Å². The highest BCUT2D eigenvalue weighted by Crippen LogP contribution is 2.09. The molecule has 1 heterocycles. The predicted molar refractivity (Wildman–Crippen MR) is 45.0 cm³/mol. The molecule has 1 rings (SSSR count). The Hall–Kier alpha value is -1.34. The number of guanidine groups is 1. The number of aliphatic carboxylic acids is 1. The average molecular weight is 188 g/mol. The standard InChI is InChI=1S/C6H12N4O3/c7-1-2(11)3-4(5(12)13)10-6(8)9-3/h2-4,11H,1,7H2,(H,12,13)(H3,8,9,10)/t2?,3-,4+/m1/s1. The molecule has 7 N–H and O–H groups in total. The number of aliphatic hydroxyl groups is 1. The van der Waals surface area contributed by atoms with Gasteiger partial charge >= 0.3 is 5.97 Å². The fraction of sp³-hybridized carbons (Fsp3) is 0.667. The zero-order valence-corrected chi connectivity index (χ0v) is 6.84. The lowest BCUT2D eigenvalue weighted by Crippen LogP contribution is -2.51. The van der Waals surface area contributed by atoms with Gasteiger partial charge in [-0.25, -0.2) is 9.79 Å². The Kier molecular flexibility index (Phi) is 2.69. The number of nitrogens with one attached hydrogen (secondary N) is 1. The second kappa shape index (κ2) is 3.58. The molecule has 0 fully saturated rings. The third kappa shape index (κ3) is 1.87. The van der Waals surface area contributed by atoms with E-state index in [2.05, 4.69) is 10.3 Å². The third-order valence-corrected chi connectivity index (χ3v) is 1.84. The van der Waals surface area contributed by atoms with Gasteiger partial charge in [0.15, 0.2) is 12.0 Å². The lowest BCUT2D eigenvalue weighted by atomic mass is 10.0. The van der Waals surface area contributed by atoms with Crippen LogP contribution in [0.4, 0.5) is 0 Å². The van der Waals surface area contributed by atoms with Crippen LogP contribution in [0, 0.1) is 0 Å². The molecule has 0 saturated heterocycles. The normalized spacial score (nSPS) is 29.2. The number of carbonyl (C=O) groups is 1. The summed E-state index contributed by atoms with van der Waals surface area (Å²) < 4.78 is 0. The maximum atomic E-state index is 10.6. The van der Waals surface area contributed by atoms with E-state index < -0.39 is 24.2 Å². The minimum Gasteiger partial charge on any atom is -0.480 e. The van der Waals surface area contributed by atoms with Crippen molar-refractivity contribution in [3.8, 4) is 0 Å². The highest BCUT2D eigenvalue weighted by molar-refractivity contribution is 5.87. The van der Waals surface area contributed by atoms with Gasteiger partial charge in [0, 0.05) is 6.54 Å². The molecule has 0 aromatic carbocycles. The van der Waals surface area contributed by atoms with Crippen LogP contribution in [0.15, 0.2) is 4.99 Å². The molecule has 7 heteroatoms. The number of carboxylic acid groups (broad SMARTS) is 1. The molecule has 0 spiro atoms.